The third-order valence-corrected chi connectivity index (χ3v) is 5.37. The van der Waals surface area contributed by atoms with Crippen molar-refractivity contribution >= 4 is 16.9 Å². The molecule has 1 amide bonds. The SMILES string of the molecule is COc1ccc2cccc(C3COC(CCCNC(=O)Oc4ccccc4)OC3)c2c1. The van der Waals surface area contributed by atoms with E-state index >= 15 is 0 Å². The number of carbonyl (C=O) groups excluding carboxylic acids is 1. The van der Waals surface area contributed by atoms with Crippen LogP contribution in [0.25, 0.3) is 10.8 Å². The summed E-state index contributed by atoms with van der Waals surface area (Å²) >= 11 is 0. The summed E-state index contributed by atoms with van der Waals surface area (Å²) in [7, 11) is 1.68. The van der Waals surface area contributed by atoms with E-state index < -0.39 is 6.09 Å². The van der Waals surface area contributed by atoms with Gasteiger partial charge in [0.05, 0.1) is 20.3 Å². The maximum absolute atomic E-state index is 11.8. The van der Waals surface area contributed by atoms with Gasteiger partial charge >= 0.3 is 6.09 Å². The molecule has 1 aliphatic rings. The van der Waals surface area contributed by atoms with E-state index in [1.165, 1.54) is 16.3 Å². The number of para-hydroxylation sites is 1. The van der Waals surface area contributed by atoms with Gasteiger partial charge in [-0.25, -0.2) is 4.79 Å². The molecule has 0 atom stereocenters. The van der Waals surface area contributed by atoms with Gasteiger partial charge in [0.25, 0.3) is 0 Å². The molecule has 0 aliphatic carbocycles. The average molecular weight is 421 g/mol. The number of benzene rings is 3. The molecule has 1 aliphatic heterocycles. The maximum atomic E-state index is 11.8. The Kier molecular flexibility index (Phi) is 7.02. The number of rotatable bonds is 7. The maximum Gasteiger partial charge on any atom is 0.412 e. The summed E-state index contributed by atoms with van der Waals surface area (Å²) in [6, 6.07) is 21.4. The molecule has 1 fully saturated rings. The summed E-state index contributed by atoms with van der Waals surface area (Å²) in [5.41, 5.74) is 1.21. The van der Waals surface area contributed by atoms with Crippen molar-refractivity contribution in [1.82, 2.24) is 5.32 Å². The second-order valence-corrected chi connectivity index (χ2v) is 7.50. The number of ether oxygens (including phenoxy) is 4. The first-order valence-electron chi connectivity index (χ1n) is 10.5. The number of hydrogen-bond acceptors (Lipinski definition) is 5. The summed E-state index contributed by atoms with van der Waals surface area (Å²) in [4.78, 5) is 11.8. The lowest BCUT2D eigenvalue weighted by molar-refractivity contribution is -0.189. The van der Waals surface area contributed by atoms with Crippen LogP contribution in [0.3, 0.4) is 0 Å². The Bertz CT molecular complexity index is 999. The molecule has 6 heteroatoms. The first-order valence-corrected chi connectivity index (χ1v) is 10.5. The molecule has 0 spiro atoms. The van der Waals surface area contributed by atoms with Gasteiger partial charge in [0, 0.05) is 18.9 Å². The number of methoxy groups -OCH3 is 1. The van der Waals surface area contributed by atoms with E-state index in [-0.39, 0.29) is 12.2 Å². The molecule has 0 bridgehead atoms. The smallest absolute Gasteiger partial charge is 0.412 e. The molecule has 162 valence electrons. The van der Waals surface area contributed by atoms with Gasteiger partial charge in [-0.1, -0.05) is 42.5 Å². The minimum absolute atomic E-state index is 0.172. The van der Waals surface area contributed by atoms with E-state index in [0.717, 1.165) is 12.2 Å². The fourth-order valence-electron chi connectivity index (χ4n) is 3.74. The van der Waals surface area contributed by atoms with Gasteiger partial charge in [0.1, 0.15) is 11.5 Å². The quantitative estimate of drug-likeness (QED) is 0.551. The molecule has 3 aromatic rings. The summed E-state index contributed by atoms with van der Waals surface area (Å²) in [5, 5.41) is 5.09. The van der Waals surface area contributed by atoms with E-state index in [0.29, 0.717) is 31.9 Å². The summed E-state index contributed by atoms with van der Waals surface area (Å²) < 4.78 is 22.5. The summed E-state index contributed by atoms with van der Waals surface area (Å²) in [5.74, 6) is 1.54. The van der Waals surface area contributed by atoms with Gasteiger partial charge in [-0.3, -0.25) is 0 Å². The van der Waals surface area contributed by atoms with Crippen molar-refractivity contribution in [2.45, 2.75) is 25.0 Å². The van der Waals surface area contributed by atoms with E-state index in [4.69, 9.17) is 18.9 Å². The molecule has 31 heavy (non-hydrogen) atoms. The Balaban J connectivity index is 1.22. The first-order chi connectivity index (χ1) is 15.2. The normalized spacial score (nSPS) is 18.5. The van der Waals surface area contributed by atoms with Crippen LogP contribution in [0.15, 0.2) is 66.7 Å². The fraction of sp³-hybridized carbons (Fsp3) is 0.320. The van der Waals surface area contributed by atoms with Crippen LogP contribution < -0.4 is 14.8 Å². The van der Waals surface area contributed by atoms with Crippen LogP contribution in [0.5, 0.6) is 11.5 Å². The van der Waals surface area contributed by atoms with Crippen LogP contribution in [0.1, 0.15) is 24.3 Å². The van der Waals surface area contributed by atoms with Gasteiger partial charge < -0.3 is 24.3 Å². The highest BCUT2D eigenvalue weighted by Crippen LogP contribution is 2.31. The van der Waals surface area contributed by atoms with Crippen LogP contribution in [-0.4, -0.2) is 39.3 Å². The second-order valence-electron chi connectivity index (χ2n) is 7.50. The largest absolute Gasteiger partial charge is 0.497 e. The summed E-state index contributed by atoms with van der Waals surface area (Å²) in [6.45, 7) is 1.70. The zero-order chi connectivity index (χ0) is 21.5. The van der Waals surface area contributed by atoms with E-state index in [2.05, 4.69) is 35.6 Å². The molecule has 0 saturated carbocycles. The van der Waals surface area contributed by atoms with E-state index in [1.807, 2.05) is 24.3 Å². The fourth-order valence-corrected chi connectivity index (χ4v) is 3.74. The Morgan fingerprint density at radius 1 is 1.00 bits per heavy atom. The number of hydrogen-bond donors (Lipinski definition) is 1. The third-order valence-electron chi connectivity index (χ3n) is 5.37. The van der Waals surface area contributed by atoms with Crippen molar-refractivity contribution in [1.29, 1.82) is 0 Å². The van der Waals surface area contributed by atoms with Crippen molar-refractivity contribution in [2.24, 2.45) is 0 Å². The molecule has 1 saturated heterocycles. The van der Waals surface area contributed by atoms with Crippen molar-refractivity contribution in [3.8, 4) is 11.5 Å². The number of fused-ring (bicyclic) bond motifs is 1. The van der Waals surface area contributed by atoms with Crippen LogP contribution in [-0.2, 0) is 9.47 Å². The minimum Gasteiger partial charge on any atom is -0.497 e. The monoisotopic (exact) mass is 421 g/mol. The van der Waals surface area contributed by atoms with Crippen LogP contribution in [0, 0.1) is 0 Å². The lowest BCUT2D eigenvalue weighted by Crippen LogP contribution is -2.32. The zero-order valence-corrected chi connectivity index (χ0v) is 17.6. The van der Waals surface area contributed by atoms with Gasteiger partial charge in [-0.15, -0.1) is 0 Å². The molecule has 4 rings (SSSR count). The average Bonchev–Trinajstić information content (AvgIpc) is 2.82. The predicted octanol–water partition coefficient (Wildman–Crippen LogP) is 4.87. The Morgan fingerprint density at radius 3 is 2.58 bits per heavy atom. The van der Waals surface area contributed by atoms with Crippen molar-refractivity contribution in [2.75, 3.05) is 26.9 Å². The Labute approximate surface area is 182 Å². The highest BCUT2D eigenvalue weighted by Gasteiger charge is 2.24. The van der Waals surface area contributed by atoms with Gasteiger partial charge in [-0.2, -0.15) is 0 Å². The highest BCUT2D eigenvalue weighted by molar-refractivity contribution is 5.87. The minimum atomic E-state index is -0.455. The topological polar surface area (TPSA) is 66.0 Å². The predicted molar refractivity (Wildman–Crippen MR) is 119 cm³/mol. The zero-order valence-electron chi connectivity index (χ0n) is 17.6. The third kappa shape index (κ3) is 5.54. The standard InChI is InChI=1S/C25H27NO5/c1-28-21-13-12-18-7-5-10-22(23(18)15-21)19-16-29-24(30-17-19)11-6-14-26-25(27)31-20-8-3-2-4-9-20/h2-5,7-10,12-13,15,19,24H,6,11,14,16-17H2,1H3,(H,26,27). The number of amides is 1. The second kappa shape index (κ2) is 10.3. The molecule has 1 N–H and O–H groups in total. The molecule has 1 heterocycles. The Morgan fingerprint density at radius 2 is 1.81 bits per heavy atom. The van der Waals surface area contributed by atoms with Crippen LogP contribution >= 0.6 is 0 Å². The van der Waals surface area contributed by atoms with Crippen molar-refractivity contribution in [3.63, 3.8) is 0 Å². The summed E-state index contributed by atoms with van der Waals surface area (Å²) in [6.07, 6.45) is 0.739. The van der Waals surface area contributed by atoms with Gasteiger partial charge in [-0.05, 0) is 47.0 Å². The molecule has 3 aromatic carbocycles. The highest BCUT2D eigenvalue weighted by atomic mass is 16.7. The lowest BCUT2D eigenvalue weighted by atomic mass is 9.94. The van der Waals surface area contributed by atoms with E-state index in [9.17, 15) is 4.79 Å². The number of carbonyl (C=O) groups is 1. The molecule has 6 nitrogen and oxygen atoms in total. The van der Waals surface area contributed by atoms with Gasteiger partial charge in [0.15, 0.2) is 6.29 Å². The van der Waals surface area contributed by atoms with Crippen molar-refractivity contribution in [3.05, 3.63) is 72.3 Å². The molecule has 0 radical (unpaired) electrons. The van der Waals surface area contributed by atoms with E-state index in [1.54, 1.807) is 19.2 Å². The molecular weight excluding hydrogens is 394 g/mol. The lowest BCUT2D eigenvalue weighted by Gasteiger charge is -2.30. The Hall–Kier alpha value is -3.09. The van der Waals surface area contributed by atoms with Crippen LogP contribution in [0.2, 0.25) is 0 Å². The first kappa shape index (κ1) is 21.2. The molecule has 0 aromatic heterocycles. The van der Waals surface area contributed by atoms with Crippen molar-refractivity contribution < 1.29 is 23.7 Å². The molecule has 0 unspecified atom stereocenters. The van der Waals surface area contributed by atoms with Crippen LogP contribution in [0.4, 0.5) is 4.79 Å². The molecular formula is C25H27NO5. The van der Waals surface area contributed by atoms with Gasteiger partial charge in [0.2, 0.25) is 0 Å². The number of nitrogens with one attached hydrogen (secondary N) is 1.